The number of rotatable bonds is 4. The van der Waals surface area contributed by atoms with E-state index in [1.165, 1.54) is 6.26 Å². The van der Waals surface area contributed by atoms with E-state index in [9.17, 15) is 4.21 Å². The number of nitrogens with one attached hydrogen (secondary N) is 1. The van der Waals surface area contributed by atoms with Crippen LogP contribution in [-0.4, -0.2) is 26.0 Å². The van der Waals surface area contributed by atoms with Gasteiger partial charge in [0.25, 0.3) is 0 Å². The van der Waals surface area contributed by atoms with Crippen molar-refractivity contribution in [2.24, 2.45) is 0 Å². The van der Waals surface area contributed by atoms with Crippen LogP contribution in [0.4, 0.5) is 0 Å². The summed E-state index contributed by atoms with van der Waals surface area (Å²) >= 11 is 0. The van der Waals surface area contributed by atoms with Crippen molar-refractivity contribution >= 4 is 9.73 Å². The second-order valence-electron chi connectivity index (χ2n) is 3.34. The van der Waals surface area contributed by atoms with Crippen LogP contribution in [0, 0.1) is 11.7 Å². The summed E-state index contributed by atoms with van der Waals surface area (Å²) in [5.74, 6) is 0.450. The summed E-state index contributed by atoms with van der Waals surface area (Å²) in [5.41, 5.74) is 1.13. The predicted molar refractivity (Wildman–Crippen MR) is 53.2 cm³/mol. The molecule has 1 atom stereocenters. The maximum absolute atomic E-state index is 11.0. The summed E-state index contributed by atoms with van der Waals surface area (Å²) in [4.78, 5) is 0. The van der Waals surface area contributed by atoms with Gasteiger partial charge >= 0.3 is 0 Å². The molecule has 4 nitrogen and oxygen atoms in total. The van der Waals surface area contributed by atoms with Crippen LogP contribution in [0.25, 0.3) is 0 Å². The third kappa shape index (κ3) is 4.07. The van der Waals surface area contributed by atoms with Crippen LogP contribution >= 0.6 is 0 Å². The normalized spacial score (nSPS) is 15.5. The molecular weight excluding hydrogens is 186 g/mol. The lowest BCUT2D eigenvalue weighted by Crippen LogP contribution is -2.06. The standard InChI is InChI=1S/C8H15N3OS/c1-8-6-10-11(7-8)4-3-5-13(2,9)12/h6-7,9H,3-5H2,1-2H3. The van der Waals surface area contributed by atoms with Crippen LogP contribution < -0.4 is 0 Å². The lowest BCUT2D eigenvalue weighted by Gasteiger charge is -2.01. The average molecular weight is 201 g/mol. The summed E-state index contributed by atoms with van der Waals surface area (Å²) < 4.78 is 20.0. The Bertz CT molecular complexity index is 366. The molecule has 13 heavy (non-hydrogen) atoms. The zero-order valence-corrected chi connectivity index (χ0v) is 8.80. The molecule has 0 fully saturated rings. The number of hydrogen-bond acceptors (Lipinski definition) is 3. The average Bonchev–Trinajstić information content (AvgIpc) is 2.33. The summed E-state index contributed by atoms with van der Waals surface area (Å²) in [6.45, 7) is 2.73. The Hall–Kier alpha value is -0.840. The Morgan fingerprint density at radius 3 is 2.85 bits per heavy atom. The third-order valence-corrected chi connectivity index (χ3v) is 2.75. The van der Waals surface area contributed by atoms with E-state index in [2.05, 4.69) is 5.10 Å². The van der Waals surface area contributed by atoms with Gasteiger partial charge in [0.15, 0.2) is 0 Å². The zero-order valence-electron chi connectivity index (χ0n) is 7.99. The number of aromatic nitrogens is 2. The first-order chi connectivity index (χ1) is 5.97. The smallest absolute Gasteiger partial charge is 0.0518 e. The van der Waals surface area contributed by atoms with E-state index in [1.54, 1.807) is 6.20 Å². The Morgan fingerprint density at radius 1 is 1.69 bits per heavy atom. The van der Waals surface area contributed by atoms with Gasteiger partial charge in [-0.2, -0.15) is 5.10 Å². The summed E-state index contributed by atoms with van der Waals surface area (Å²) in [5, 5.41) is 4.10. The van der Waals surface area contributed by atoms with Crippen LogP contribution in [0.5, 0.6) is 0 Å². The van der Waals surface area contributed by atoms with E-state index in [-0.39, 0.29) is 0 Å². The van der Waals surface area contributed by atoms with E-state index in [4.69, 9.17) is 4.78 Å². The second kappa shape index (κ2) is 3.91. The van der Waals surface area contributed by atoms with Crippen molar-refractivity contribution in [2.45, 2.75) is 19.9 Å². The lowest BCUT2D eigenvalue weighted by atomic mass is 10.4. The Balaban J connectivity index is 2.36. The SMILES string of the molecule is Cc1cnn(CCCS(C)(=N)=O)c1. The second-order valence-corrected chi connectivity index (χ2v) is 5.76. The molecule has 0 aromatic carbocycles. The summed E-state index contributed by atoms with van der Waals surface area (Å²) in [6, 6.07) is 0. The topological polar surface area (TPSA) is 58.7 Å². The first-order valence-corrected chi connectivity index (χ1v) is 6.31. The van der Waals surface area contributed by atoms with Crippen LogP contribution in [0.1, 0.15) is 12.0 Å². The van der Waals surface area contributed by atoms with E-state index in [0.29, 0.717) is 5.75 Å². The fourth-order valence-electron chi connectivity index (χ4n) is 1.09. The molecular formula is C8H15N3OS. The Labute approximate surface area is 78.9 Å². The maximum atomic E-state index is 11.0. The van der Waals surface area contributed by atoms with E-state index in [0.717, 1.165) is 18.5 Å². The van der Waals surface area contributed by atoms with Gasteiger partial charge in [-0.05, 0) is 18.9 Å². The molecule has 0 aliphatic rings. The highest BCUT2D eigenvalue weighted by Crippen LogP contribution is 1.97. The maximum Gasteiger partial charge on any atom is 0.0518 e. The van der Waals surface area contributed by atoms with Crippen molar-refractivity contribution in [3.05, 3.63) is 18.0 Å². The van der Waals surface area contributed by atoms with Crippen molar-refractivity contribution < 1.29 is 4.21 Å². The monoisotopic (exact) mass is 201 g/mol. The molecule has 0 radical (unpaired) electrons. The highest BCUT2D eigenvalue weighted by Gasteiger charge is 1.98. The molecule has 5 heteroatoms. The summed E-state index contributed by atoms with van der Waals surface area (Å²) in [7, 11) is -2.33. The highest BCUT2D eigenvalue weighted by molar-refractivity contribution is 7.91. The minimum absolute atomic E-state index is 0.450. The largest absolute Gasteiger partial charge is 0.272 e. The summed E-state index contributed by atoms with van der Waals surface area (Å²) in [6.07, 6.45) is 5.96. The number of aryl methyl sites for hydroxylation is 2. The van der Waals surface area contributed by atoms with Crippen LogP contribution in [0.2, 0.25) is 0 Å². The zero-order chi connectivity index (χ0) is 9.90. The number of nitrogens with zero attached hydrogens (tertiary/aromatic N) is 2. The molecule has 74 valence electrons. The molecule has 1 aromatic rings. The van der Waals surface area contributed by atoms with Gasteiger partial charge in [0.1, 0.15) is 0 Å². The Kier molecular flexibility index (Phi) is 3.08. The Morgan fingerprint density at radius 2 is 2.38 bits per heavy atom. The molecule has 1 N–H and O–H groups in total. The van der Waals surface area contributed by atoms with Crippen molar-refractivity contribution in [3.63, 3.8) is 0 Å². The van der Waals surface area contributed by atoms with Gasteiger partial charge in [-0.1, -0.05) is 0 Å². The molecule has 0 amide bonds. The van der Waals surface area contributed by atoms with Crippen molar-refractivity contribution in [3.8, 4) is 0 Å². The van der Waals surface area contributed by atoms with Gasteiger partial charge in [-0.15, -0.1) is 0 Å². The van der Waals surface area contributed by atoms with Gasteiger partial charge in [0.05, 0.1) is 6.20 Å². The minimum atomic E-state index is -2.33. The molecule has 1 unspecified atom stereocenters. The van der Waals surface area contributed by atoms with Crippen LogP contribution in [-0.2, 0) is 16.3 Å². The molecule has 1 rings (SSSR count). The van der Waals surface area contributed by atoms with Gasteiger partial charge in [-0.3, -0.25) is 13.7 Å². The van der Waals surface area contributed by atoms with E-state index in [1.807, 2.05) is 17.8 Å². The van der Waals surface area contributed by atoms with Crippen LogP contribution in [0.15, 0.2) is 12.4 Å². The minimum Gasteiger partial charge on any atom is -0.272 e. The molecule has 0 aliphatic heterocycles. The molecule has 0 spiro atoms. The third-order valence-electron chi connectivity index (χ3n) is 1.68. The first kappa shape index (κ1) is 10.2. The first-order valence-electron chi connectivity index (χ1n) is 4.18. The van der Waals surface area contributed by atoms with Gasteiger partial charge in [0.2, 0.25) is 0 Å². The molecule has 1 aromatic heterocycles. The van der Waals surface area contributed by atoms with Gasteiger partial charge in [0, 0.05) is 34.5 Å². The van der Waals surface area contributed by atoms with Crippen molar-refractivity contribution in [1.29, 1.82) is 4.78 Å². The molecule has 0 saturated heterocycles. The van der Waals surface area contributed by atoms with Crippen molar-refractivity contribution in [1.82, 2.24) is 9.78 Å². The van der Waals surface area contributed by atoms with Crippen LogP contribution in [0.3, 0.4) is 0 Å². The highest BCUT2D eigenvalue weighted by atomic mass is 32.2. The van der Waals surface area contributed by atoms with E-state index >= 15 is 0 Å². The van der Waals surface area contributed by atoms with Gasteiger partial charge in [-0.25, -0.2) is 0 Å². The fourth-order valence-corrected chi connectivity index (χ4v) is 1.77. The molecule has 1 heterocycles. The molecule has 0 saturated carbocycles. The van der Waals surface area contributed by atoms with E-state index < -0.39 is 9.73 Å². The molecule has 0 bridgehead atoms. The number of hydrogen-bond donors (Lipinski definition) is 1. The fraction of sp³-hybridized carbons (Fsp3) is 0.625. The van der Waals surface area contributed by atoms with Gasteiger partial charge < -0.3 is 0 Å². The lowest BCUT2D eigenvalue weighted by molar-refractivity contribution is 0.599. The quantitative estimate of drug-likeness (QED) is 0.797. The predicted octanol–water partition coefficient (Wildman–Crippen LogP) is 1.26. The molecule has 0 aliphatic carbocycles. The van der Waals surface area contributed by atoms with Crippen molar-refractivity contribution in [2.75, 3.05) is 12.0 Å².